The van der Waals surface area contributed by atoms with Crippen LogP contribution in [0, 0.1) is 0 Å². The second-order valence-corrected chi connectivity index (χ2v) is 5.60. The number of rotatable bonds is 6. The Kier molecular flexibility index (Phi) is 5.49. The third-order valence-electron chi connectivity index (χ3n) is 3.65. The van der Waals surface area contributed by atoms with Gasteiger partial charge in [-0.2, -0.15) is 0 Å². The Bertz CT molecular complexity index is 664. The predicted molar refractivity (Wildman–Crippen MR) is 88.8 cm³/mol. The molecule has 0 fully saturated rings. The molecule has 2 rings (SSSR count). The van der Waals surface area contributed by atoms with Crippen LogP contribution in [0.15, 0.2) is 48.5 Å². The average molecular weight is 312 g/mol. The van der Waals surface area contributed by atoms with Crippen LogP contribution in [0.5, 0.6) is 0 Å². The normalized spacial score (nSPS) is 10.4. The van der Waals surface area contributed by atoms with E-state index in [9.17, 15) is 9.59 Å². The first-order valence-electron chi connectivity index (χ1n) is 7.41. The van der Waals surface area contributed by atoms with Gasteiger partial charge in [0.05, 0.1) is 6.42 Å². The number of carbonyl (C=O) groups excluding carboxylic acids is 2. The Hall–Kier alpha value is -2.66. The maximum Gasteiger partial charge on any atom is 0.247 e. The summed E-state index contributed by atoms with van der Waals surface area (Å²) >= 11 is 0. The first-order chi connectivity index (χ1) is 11.0. The lowest BCUT2D eigenvalue weighted by atomic mass is 10.0. The Morgan fingerprint density at radius 1 is 1.09 bits per heavy atom. The molecule has 0 radical (unpaired) electrons. The van der Waals surface area contributed by atoms with Crippen molar-refractivity contribution in [2.45, 2.75) is 26.2 Å². The summed E-state index contributed by atoms with van der Waals surface area (Å²) in [5.41, 5.74) is 5.06. The van der Waals surface area contributed by atoms with Crippen LogP contribution in [-0.2, 0) is 16.0 Å². The van der Waals surface area contributed by atoms with Gasteiger partial charge >= 0.3 is 0 Å². The van der Waals surface area contributed by atoms with Crippen LogP contribution in [0.25, 0.3) is 0 Å². The third kappa shape index (κ3) is 4.17. The quantitative estimate of drug-likeness (QED) is 0.489. The number of benzene rings is 2. The molecule has 2 aromatic rings. The highest BCUT2D eigenvalue weighted by Crippen LogP contribution is 2.26. The lowest BCUT2D eigenvalue weighted by Crippen LogP contribution is -2.20. The van der Waals surface area contributed by atoms with Gasteiger partial charge < -0.3 is 0 Å². The number of hydrogen-bond acceptors (Lipinski definition) is 3. The highest BCUT2D eigenvalue weighted by molar-refractivity contribution is 5.86. The molecule has 2 amide bonds. The van der Waals surface area contributed by atoms with Crippen molar-refractivity contribution >= 4 is 23.7 Å². The molecule has 0 aliphatic rings. The van der Waals surface area contributed by atoms with Gasteiger partial charge in [0, 0.05) is 11.4 Å². The SMILES string of the molecule is CC(C)c1ccc(N(C=O)c2ccc(CC(=O)NO)cc2)cc1. The number of carbonyl (C=O) groups is 2. The molecule has 0 atom stereocenters. The van der Waals surface area contributed by atoms with Crippen LogP contribution in [-0.4, -0.2) is 17.5 Å². The molecule has 0 heterocycles. The van der Waals surface area contributed by atoms with Gasteiger partial charge in [-0.15, -0.1) is 0 Å². The van der Waals surface area contributed by atoms with E-state index < -0.39 is 5.91 Å². The molecule has 5 nitrogen and oxygen atoms in total. The first kappa shape index (κ1) is 16.7. The van der Waals surface area contributed by atoms with Gasteiger partial charge in [0.25, 0.3) is 0 Å². The molecule has 0 unspecified atom stereocenters. The van der Waals surface area contributed by atoms with Crippen LogP contribution < -0.4 is 10.4 Å². The van der Waals surface area contributed by atoms with Crippen molar-refractivity contribution in [2.24, 2.45) is 0 Å². The molecule has 5 heteroatoms. The van der Waals surface area contributed by atoms with Gasteiger partial charge in [0.1, 0.15) is 0 Å². The molecule has 0 saturated carbocycles. The van der Waals surface area contributed by atoms with Gasteiger partial charge in [-0.3, -0.25) is 19.7 Å². The van der Waals surface area contributed by atoms with Crippen molar-refractivity contribution in [2.75, 3.05) is 4.90 Å². The minimum absolute atomic E-state index is 0.0843. The van der Waals surface area contributed by atoms with Crippen LogP contribution in [0.4, 0.5) is 11.4 Å². The summed E-state index contributed by atoms with van der Waals surface area (Å²) in [5, 5.41) is 8.53. The molecule has 120 valence electrons. The largest absolute Gasteiger partial charge is 0.289 e. The second kappa shape index (κ2) is 7.56. The van der Waals surface area contributed by atoms with Gasteiger partial charge in [-0.05, 0) is 41.3 Å². The van der Waals surface area contributed by atoms with Crippen molar-refractivity contribution in [1.82, 2.24) is 5.48 Å². The Labute approximate surface area is 135 Å². The number of hydrogen-bond donors (Lipinski definition) is 2. The van der Waals surface area contributed by atoms with Gasteiger partial charge in [0.15, 0.2) is 0 Å². The third-order valence-corrected chi connectivity index (χ3v) is 3.65. The number of amides is 2. The second-order valence-electron chi connectivity index (χ2n) is 5.60. The summed E-state index contributed by atoms with van der Waals surface area (Å²) in [7, 11) is 0. The van der Waals surface area contributed by atoms with Crippen molar-refractivity contribution in [3.63, 3.8) is 0 Å². The number of anilines is 2. The highest BCUT2D eigenvalue weighted by Gasteiger charge is 2.10. The van der Waals surface area contributed by atoms with E-state index in [1.54, 1.807) is 34.6 Å². The fourth-order valence-corrected chi connectivity index (χ4v) is 2.29. The molecule has 23 heavy (non-hydrogen) atoms. The number of nitrogens with zero attached hydrogens (tertiary/aromatic N) is 1. The molecular weight excluding hydrogens is 292 g/mol. The van der Waals surface area contributed by atoms with Crippen molar-refractivity contribution in [3.8, 4) is 0 Å². The molecule has 2 N–H and O–H groups in total. The Balaban J connectivity index is 2.20. The fraction of sp³-hybridized carbons (Fsp3) is 0.222. The molecule has 0 aromatic heterocycles. The van der Waals surface area contributed by atoms with Gasteiger partial charge in [-0.25, -0.2) is 5.48 Å². The zero-order valence-electron chi connectivity index (χ0n) is 13.2. The van der Waals surface area contributed by atoms with E-state index in [2.05, 4.69) is 13.8 Å². The fourth-order valence-electron chi connectivity index (χ4n) is 2.29. The van der Waals surface area contributed by atoms with E-state index in [0.29, 0.717) is 11.6 Å². The zero-order valence-corrected chi connectivity index (χ0v) is 13.2. The molecule has 0 aliphatic heterocycles. The van der Waals surface area contributed by atoms with Gasteiger partial charge in [0.2, 0.25) is 12.3 Å². The molecule has 0 bridgehead atoms. The van der Waals surface area contributed by atoms with E-state index in [0.717, 1.165) is 17.7 Å². The summed E-state index contributed by atoms with van der Waals surface area (Å²) in [5.74, 6) is -0.0417. The summed E-state index contributed by atoms with van der Waals surface area (Å²) in [6, 6.07) is 14.9. The van der Waals surface area contributed by atoms with Crippen LogP contribution in [0.1, 0.15) is 30.9 Å². The lowest BCUT2D eigenvalue weighted by Gasteiger charge is -2.19. The topological polar surface area (TPSA) is 69.6 Å². The lowest BCUT2D eigenvalue weighted by molar-refractivity contribution is -0.128. The van der Waals surface area contributed by atoms with E-state index in [4.69, 9.17) is 5.21 Å². The minimum Gasteiger partial charge on any atom is -0.289 e. The molecule has 0 saturated heterocycles. The molecule has 0 spiro atoms. The summed E-state index contributed by atoms with van der Waals surface area (Å²) in [4.78, 5) is 24.1. The Morgan fingerprint density at radius 3 is 2.04 bits per heavy atom. The number of nitrogens with one attached hydrogen (secondary N) is 1. The molecule has 0 aliphatic carbocycles. The monoisotopic (exact) mass is 312 g/mol. The van der Waals surface area contributed by atoms with E-state index in [1.807, 2.05) is 24.3 Å². The molecular formula is C18H20N2O3. The van der Waals surface area contributed by atoms with E-state index in [-0.39, 0.29) is 6.42 Å². The standard InChI is InChI=1S/C18H20N2O3/c1-13(2)15-5-9-17(10-6-15)20(12-21)16-7-3-14(4-8-16)11-18(22)19-23/h3-10,12-13,23H,11H2,1-2H3,(H,19,22). The summed E-state index contributed by atoms with van der Waals surface area (Å²) in [6.07, 6.45) is 0.848. The van der Waals surface area contributed by atoms with Crippen molar-refractivity contribution in [3.05, 3.63) is 59.7 Å². The van der Waals surface area contributed by atoms with Crippen LogP contribution in [0.2, 0.25) is 0 Å². The zero-order chi connectivity index (χ0) is 16.8. The maximum absolute atomic E-state index is 11.5. The predicted octanol–water partition coefficient (Wildman–Crippen LogP) is 3.15. The van der Waals surface area contributed by atoms with Crippen molar-refractivity contribution < 1.29 is 14.8 Å². The van der Waals surface area contributed by atoms with Crippen LogP contribution >= 0.6 is 0 Å². The first-order valence-corrected chi connectivity index (χ1v) is 7.41. The minimum atomic E-state index is -0.478. The molecule has 2 aromatic carbocycles. The highest BCUT2D eigenvalue weighted by atomic mass is 16.5. The van der Waals surface area contributed by atoms with Gasteiger partial charge in [-0.1, -0.05) is 38.1 Å². The van der Waals surface area contributed by atoms with Crippen molar-refractivity contribution in [1.29, 1.82) is 0 Å². The summed E-state index contributed by atoms with van der Waals surface area (Å²) < 4.78 is 0. The Morgan fingerprint density at radius 2 is 1.61 bits per heavy atom. The van der Waals surface area contributed by atoms with E-state index >= 15 is 0 Å². The number of hydroxylamine groups is 1. The van der Waals surface area contributed by atoms with Crippen LogP contribution in [0.3, 0.4) is 0 Å². The average Bonchev–Trinajstić information content (AvgIpc) is 2.57. The summed E-state index contributed by atoms with van der Waals surface area (Å²) in [6.45, 7) is 4.24. The maximum atomic E-state index is 11.5. The smallest absolute Gasteiger partial charge is 0.247 e. The van der Waals surface area contributed by atoms with E-state index in [1.165, 1.54) is 5.56 Å².